The first kappa shape index (κ1) is 23.3. The molecular formula is C27H30N4O4. The van der Waals surface area contributed by atoms with E-state index >= 15 is 0 Å². The number of hydrogen-bond acceptors (Lipinski definition) is 5. The second kappa shape index (κ2) is 10.0. The molecule has 2 aromatic carbocycles. The van der Waals surface area contributed by atoms with E-state index in [2.05, 4.69) is 5.32 Å². The maximum Gasteiger partial charge on any atom is 0.226 e. The van der Waals surface area contributed by atoms with Crippen LogP contribution in [-0.2, 0) is 19.1 Å². The van der Waals surface area contributed by atoms with E-state index in [9.17, 15) is 9.59 Å². The van der Waals surface area contributed by atoms with Crippen molar-refractivity contribution in [2.24, 2.45) is 0 Å². The number of aryl methyl sites for hydroxylation is 1. The molecule has 1 aromatic heterocycles. The van der Waals surface area contributed by atoms with Gasteiger partial charge in [-0.05, 0) is 19.1 Å². The van der Waals surface area contributed by atoms with Crippen LogP contribution < -0.4 is 5.32 Å². The Kier molecular flexibility index (Phi) is 6.66. The van der Waals surface area contributed by atoms with Crippen molar-refractivity contribution in [1.82, 2.24) is 14.7 Å². The lowest BCUT2D eigenvalue weighted by Gasteiger charge is -2.37. The maximum atomic E-state index is 12.8. The first-order chi connectivity index (χ1) is 17.0. The molecule has 0 aliphatic carbocycles. The van der Waals surface area contributed by atoms with E-state index in [4.69, 9.17) is 14.6 Å². The van der Waals surface area contributed by atoms with Gasteiger partial charge in [0.2, 0.25) is 11.8 Å². The smallest absolute Gasteiger partial charge is 0.226 e. The molecule has 2 aliphatic rings. The molecule has 2 saturated heterocycles. The van der Waals surface area contributed by atoms with E-state index in [0.29, 0.717) is 45.0 Å². The minimum absolute atomic E-state index is 0.0231. The highest BCUT2D eigenvalue weighted by atomic mass is 16.7. The van der Waals surface area contributed by atoms with Crippen LogP contribution in [0.2, 0.25) is 0 Å². The molecule has 8 heteroatoms. The molecule has 2 aliphatic heterocycles. The number of hydrogen-bond donors (Lipinski definition) is 1. The summed E-state index contributed by atoms with van der Waals surface area (Å²) in [6, 6.07) is 19.6. The quantitative estimate of drug-likeness (QED) is 0.585. The summed E-state index contributed by atoms with van der Waals surface area (Å²) < 4.78 is 13.2. The van der Waals surface area contributed by atoms with Gasteiger partial charge < -0.3 is 19.7 Å². The number of aromatic nitrogens is 2. The number of ether oxygens (including phenoxy) is 2. The summed E-state index contributed by atoms with van der Waals surface area (Å²) in [6.07, 6.45) is 1.60. The number of rotatable bonds is 6. The minimum Gasteiger partial charge on any atom is -0.347 e. The average molecular weight is 475 g/mol. The number of carbonyl (C=O) groups is 2. The molecule has 35 heavy (non-hydrogen) atoms. The van der Waals surface area contributed by atoms with Crippen molar-refractivity contribution in [2.45, 2.75) is 38.4 Å². The number of nitrogens with zero attached hydrogens (tertiary/aromatic N) is 3. The molecule has 0 saturated carbocycles. The molecule has 2 amide bonds. The van der Waals surface area contributed by atoms with Gasteiger partial charge in [0.05, 0.1) is 24.6 Å². The zero-order valence-electron chi connectivity index (χ0n) is 19.9. The van der Waals surface area contributed by atoms with Gasteiger partial charge >= 0.3 is 0 Å². The van der Waals surface area contributed by atoms with Crippen LogP contribution in [0.25, 0.3) is 16.9 Å². The topological polar surface area (TPSA) is 85.7 Å². The lowest BCUT2D eigenvalue weighted by molar-refractivity contribution is -0.187. The molecule has 0 unspecified atom stereocenters. The number of carbonyl (C=O) groups excluding carboxylic acids is 2. The van der Waals surface area contributed by atoms with Gasteiger partial charge in [0, 0.05) is 50.4 Å². The van der Waals surface area contributed by atoms with Gasteiger partial charge in [-0.3, -0.25) is 9.59 Å². The summed E-state index contributed by atoms with van der Waals surface area (Å²) in [4.78, 5) is 27.3. The highest BCUT2D eigenvalue weighted by Gasteiger charge is 2.40. The Bertz CT molecular complexity index is 1170. The molecule has 0 atom stereocenters. The normalized spacial score (nSPS) is 17.0. The summed E-state index contributed by atoms with van der Waals surface area (Å²) in [6.45, 7) is 4.42. The predicted octanol–water partition coefficient (Wildman–Crippen LogP) is 3.93. The molecule has 3 heterocycles. The van der Waals surface area contributed by atoms with Gasteiger partial charge in [0.1, 0.15) is 5.82 Å². The lowest BCUT2D eigenvalue weighted by atomic mass is 10.0. The van der Waals surface area contributed by atoms with E-state index in [1.807, 2.05) is 67.6 Å². The van der Waals surface area contributed by atoms with Crippen LogP contribution in [0, 0.1) is 6.92 Å². The molecule has 8 nitrogen and oxygen atoms in total. The number of likely N-dealkylation sites (tertiary alicyclic amines) is 1. The van der Waals surface area contributed by atoms with Gasteiger partial charge in [-0.25, -0.2) is 4.68 Å². The van der Waals surface area contributed by atoms with Crippen LogP contribution in [0.4, 0.5) is 5.82 Å². The third kappa shape index (κ3) is 5.28. The van der Waals surface area contributed by atoms with Crippen molar-refractivity contribution in [3.8, 4) is 16.9 Å². The second-order valence-corrected chi connectivity index (χ2v) is 9.06. The van der Waals surface area contributed by atoms with E-state index in [-0.39, 0.29) is 24.7 Å². The van der Waals surface area contributed by atoms with E-state index < -0.39 is 5.79 Å². The number of anilines is 1. The fourth-order valence-electron chi connectivity index (χ4n) is 4.57. The summed E-state index contributed by atoms with van der Waals surface area (Å²) in [5, 5.41) is 7.70. The molecule has 182 valence electrons. The maximum absolute atomic E-state index is 12.8. The standard InChI is InChI=1S/C27H30N4O4/c1-20-7-9-22(10-8-20)31-24(19-23(29-31)21-5-3-2-4-6-21)28-25(32)11-12-26(33)30-15-13-27(14-16-30)34-17-18-35-27/h2-10,19H,11-18H2,1H3,(H,28,32). The van der Waals surface area contributed by atoms with E-state index in [1.54, 1.807) is 9.58 Å². The van der Waals surface area contributed by atoms with Crippen LogP contribution in [0.5, 0.6) is 0 Å². The lowest BCUT2D eigenvalue weighted by Crippen LogP contribution is -2.47. The van der Waals surface area contributed by atoms with Gasteiger partial charge in [0.15, 0.2) is 5.79 Å². The number of nitrogens with one attached hydrogen (secondary N) is 1. The minimum atomic E-state index is -0.515. The monoisotopic (exact) mass is 474 g/mol. The van der Waals surface area contributed by atoms with Gasteiger partial charge in [-0.15, -0.1) is 0 Å². The number of amides is 2. The summed E-state index contributed by atoms with van der Waals surface area (Å²) >= 11 is 0. The molecule has 1 spiro atoms. The zero-order chi connectivity index (χ0) is 24.3. The summed E-state index contributed by atoms with van der Waals surface area (Å²) in [5.41, 5.74) is 3.71. The Hall–Kier alpha value is -3.49. The van der Waals surface area contributed by atoms with Crippen molar-refractivity contribution < 1.29 is 19.1 Å². The van der Waals surface area contributed by atoms with Crippen molar-refractivity contribution in [2.75, 3.05) is 31.6 Å². The number of benzene rings is 2. The highest BCUT2D eigenvalue weighted by Crippen LogP contribution is 2.31. The molecular weight excluding hydrogens is 444 g/mol. The third-order valence-electron chi connectivity index (χ3n) is 6.58. The van der Waals surface area contributed by atoms with Crippen LogP contribution >= 0.6 is 0 Å². The Morgan fingerprint density at radius 2 is 1.66 bits per heavy atom. The molecule has 0 bridgehead atoms. The first-order valence-corrected chi connectivity index (χ1v) is 12.1. The number of piperidine rings is 1. The zero-order valence-corrected chi connectivity index (χ0v) is 19.9. The van der Waals surface area contributed by atoms with Crippen molar-refractivity contribution in [3.63, 3.8) is 0 Å². The van der Waals surface area contributed by atoms with Crippen molar-refractivity contribution in [1.29, 1.82) is 0 Å². The SMILES string of the molecule is Cc1ccc(-n2nc(-c3ccccc3)cc2NC(=O)CCC(=O)N2CCC3(CC2)OCCO3)cc1. The highest BCUT2D eigenvalue weighted by molar-refractivity contribution is 5.93. The molecule has 0 radical (unpaired) electrons. The van der Waals surface area contributed by atoms with Crippen molar-refractivity contribution >= 4 is 17.6 Å². The fraction of sp³-hybridized carbons (Fsp3) is 0.370. The fourth-order valence-corrected chi connectivity index (χ4v) is 4.57. The second-order valence-electron chi connectivity index (χ2n) is 9.06. The summed E-state index contributed by atoms with van der Waals surface area (Å²) in [7, 11) is 0. The summed E-state index contributed by atoms with van der Waals surface area (Å²) in [5.74, 6) is -0.188. The van der Waals surface area contributed by atoms with Crippen LogP contribution in [-0.4, -0.2) is 58.6 Å². The molecule has 2 fully saturated rings. The van der Waals surface area contributed by atoms with Crippen molar-refractivity contribution in [3.05, 3.63) is 66.2 Å². The molecule has 5 rings (SSSR count). The average Bonchev–Trinajstić information content (AvgIpc) is 3.51. The third-order valence-corrected chi connectivity index (χ3v) is 6.58. The van der Waals surface area contributed by atoms with E-state index in [0.717, 1.165) is 22.5 Å². The van der Waals surface area contributed by atoms with Crippen LogP contribution in [0.15, 0.2) is 60.7 Å². The van der Waals surface area contributed by atoms with Gasteiger partial charge in [-0.1, -0.05) is 48.0 Å². The van der Waals surface area contributed by atoms with E-state index in [1.165, 1.54) is 0 Å². The van der Waals surface area contributed by atoms with Crippen LogP contribution in [0.3, 0.4) is 0 Å². The Morgan fingerprint density at radius 3 is 2.34 bits per heavy atom. The Balaban J connectivity index is 1.24. The van der Waals surface area contributed by atoms with Gasteiger partial charge in [-0.2, -0.15) is 5.10 Å². The first-order valence-electron chi connectivity index (χ1n) is 12.1. The molecule has 3 aromatic rings. The largest absolute Gasteiger partial charge is 0.347 e. The van der Waals surface area contributed by atoms with Gasteiger partial charge in [0.25, 0.3) is 0 Å². The molecule has 1 N–H and O–H groups in total. The predicted molar refractivity (Wildman–Crippen MR) is 132 cm³/mol. The Morgan fingerprint density at radius 1 is 0.971 bits per heavy atom. The van der Waals surface area contributed by atoms with Crippen LogP contribution in [0.1, 0.15) is 31.2 Å². The Labute approximate surface area is 204 Å².